The maximum Gasteiger partial charge on any atom is 0.397 e. The lowest BCUT2D eigenvalue weighted by Gasteiger charge is -2.20. The number of azo groups is 1. The number of non-ortho nitro benzene ring substituents is 1. The van der Waals surface area contributed by atoms with Crippen LogP contribution >= 0.6 is 0 Å². The number of hydrogen-bond donors (Lipinski definition) is 3. The van der Waals surface area contributed by atoms with E-state index in [0.29, 0.717) is 10.4 Å². The van der Waals surface area contributed by atoms with E-state index in [-0.39, 0.29) is 16.5 Å². The summed E-state index contributed by atoms with van der Waals surface area (Å²) in [6.45, 7) is -0.923. The molecular weight excluding hydrogens is 618 g/mol. The SMILES string of the molecule is CN(c1ccc2c(O)c(/N=N/c3ccc([N+](=O)[O-])cc3[N+](=O)[O-])c(S(=O)(=O)O)cc2c1)S(=O)(=O)CCOS(=O)(=O)O. The number of rotatable bonds is 11. The highest BCUT2D eigenvalue weighted by Gasteiger charge is 2.25. The van der Waals surface area contributed by atoms with E-state index < -0.39 is 86.1 Å². The van der Waals surface area contributed by atoms with E-state index in [1.54, 1.807) is 0 Å². The summed E-state index contributed by atoms with van der Waals surface area (Å²) in [5.41, 5.74) is -3.03. The average molecular weight is 636 g/mol. The summed E-state index contributed by atoms with van der Waals surface area (Å²) in [5.74, 6) is -1.78. The Labute approximate surface area is 230 Å². The van der Waals surface area contributed by atoms with E-state index in [9.17, 15) is 55.1 Å². The summed E-state index contributed by atoms with van der Waals surface area (Å²) in [7, 11) is -13.2. The number of nitrogens with zero attached hydrogens (tertiary/aromatic N) is 5. The van der Waals surface area contributed by atoms with Crippen LogP contribution in [0.2, 0.25) is 0 Å². The van der Waals surface area contributed by atoms with Crippen molar-refractivity contribution in [3.8, 4) is 5.75 Å². The molecule has 0 spiro atoms. The van der Waals surface area contributed by atoms with Gasteiger partial charge in [0.1, 0.15) is 10.6 Å². The minimum Gasteiger partial charge on any atom is -0.505 e. The van der Waals surface area contributed by atoms with Gasteiger partial charge in [-0.3, -0.25) is 33.6 Å². The Morgan fingerprint density at radius 3 is 2.15 bits per heavy atom. The molecule has 19 nitrogen and oxygen atoms in total. The molecule has 0 saturated carbocycles. The van der Waals surface area contributed by atoms with Crippen LogP contribution in [-0.4, -0.2) is 68.7 Å². The van der Waals surface area contributed by atoms with E-state index in [1.165, 1.54) is 6.07 Å². The van der Waals surface area contributed by atoms with Gasteiger partial charge in [0.15, 0.2) is 11.4 Å². The first kappa shape index (κ1) is 31.2. The summed E-state index contributed by atoms with van der Waals surface area (Å²) in [6, 6.07) is 6.50. The topological polar surface area (TPSA) is 287 Å². The standard InChI is InChI=1S/C19H17N5O14S3/c1-22(39(30,31)7-6-38-41(35,36)37)12-2-4-14-11(8-12)9-17(40(32,33)34)18(19(14)25)21-20-15-5-3-13(23(26)27)10-16(15)24(28)29/h2-5,8-10,25H,6-7H2,1H3,(H,32,33,34)(H,35,36,37)/b21-20+. The molecule has 3 aromatic carbocycles. The third kappa shape index (κ3) is 7.24. The lowest BCUT2D eigenvalue weighted by Crippen LogP contribution is -2.31. The van der Waals surface area contributed by atoms with Crippen molar-refractivity contribution in [1.82, 2.24) is 0 Å². The first-order valence-electron chi connectivity index (χ1n) is 10.5. The number of fused-ring (bicyclic) bond motifs is 1. The van der Waals surface area contributed by atoms with Crippen LogP contribution in [0.15, 0.2) is 57.6 Å². The molecule has 220 valence electrons. The monoisotopic (exact) mass is 635 g/mol. The van der Waals surface area contributed by atoms with Gasteiger partial charge in [-0.05, 0) is 35.7 Å². The first-order chi connectivity index (χ1) is 18.8. The summed E-state index contributed by atoms with van der Waals surface area (Å²) in [6.07, 6.45) is 0. The number of nitro groups is 2. The molecule has 0 heterocycles. The number of benzene rings is 3. The molecule has 0 aliphatic rings. The van der Waals surface area contributed by atoms with Crippen molar-refractivity contribution in [3.05, 3.63) is 62.7 Å². The zero-order chi connectivity index (χ0) is 30.9. The highest BCUT2D eigenvalue weighted by Crippen LogP contribution is 2.43. The fraction of sp³-hybridized carbons (Fsp3) is 0.158. The van der Waals surface area contributed by atoms with Gasteiger partial charge in [-0.2, -0.15) is 16.8 Å². The normalized spacial score (nSPS) is 12.6. The van der Waals surface area contributed by atoms with Gasteiger partial charge in [0, 0.05) is 18.5 Å². The van der Waals surface area contributed by atoms with Crippen molar-refractivity contribution in [2.24, 2.45) is 10.2 Å². The van der Waals surface area contributed by atoms with E-state index in [2.05, 4.69) is 14.4 Å². The van der Waals surface area contributed by atoms with Gasteiger partial charge in [-0.15, -0.1) is 10.2 Å². The maximum absolute atomic E-state index is 12.5. The molecule has 3 N–H and O–H groups in total. The third-order valence-electron chi connectivity index (χ3n) is 5.29. The Balaban J connectivity index is 2.11. The highest BCUT2D eigenvalue weighted by atomic mass is 32.3. The molecular formula is C19H17N5O14S3. The Morgan fingerprint density at radius 2 is 1.59 bits per heavy atom. The van der Waals surface area contributed by atoms with Crippen LogP contribution in [0.1, 0.15) is 0 Å². The molecule has 0 radical (unpaired) electrons. The van der Waals surface area contributed by atoms with Gasteiger partial charge in [-0.1, -0.05) is 0 Å². The second kappa shape index (κ2) is 11.3. The molecule has 0 unspecified atom stereocenters. The van der Waals surface area contributed by atoms with Crippen LogP contribution in [0.3, 0.4) is 0 Å². The molecule has 0 aliphatic carbocycles. The summed E-state index contributed by atoms with van der Waals surface area (Å²) < 4.78 is 93.6. The van der Waals surface area contributed by atoms with E-state index in [4.69, 9.17) is 4.55 Å². The Kier molecular flexibility index (Phi) is 8.56. The van der Waals surface area contributed by atoms with Crippen molar-refractivity contribution < 1.29 is 53.5 Å². The van der Waals surface area contributed by atoms with E-state index in [1.807, 2.05) is 0 Å². The molecule has 0 saturated heterocycles. The number of phenolic OH excluding ortho intramolecular Hbond substituents is 1. The van der Waals surface area contributed by atoms with Crippen LogP contribution < -0.4 is 4.31 Å². The minimum absolute atomic E-state index is 0.110. The summed E-state index contributed by atoms with van der Waals surface area (Å²) in [4.78, 5) is 19.3. The average Bonchev–Trinajstić information content (AvgIpc) is 2.85. The van der Waals surface area contributed by atoms with Crippen molar-refractivity contribution in [1.29, 1.82) is 0 Å². The maximum atomic E-state index is 12.5. The second-order valence-corrected chi connectivity index (χ2v) is 12.5. The van der Waals surface area contributed by atoms with Crippen LogP contribution in [0, 0.1) is 20.2 Å². The minimum atomic E-state index is -5.15. The second-order valence-electron chi connectivity index (χ2n) is 7.87. The molecule has 0 aromatic heterocycles. The lowest BCUT2D eigenvalue weighted by molar-refractivity contribution is -0.393. The van der Waals surface area contributed by atoms with Crippen LogP contribution in [0.4, 0.5) is 28.4 Å². The Bertz CT molecular complexity index is 1930. The molecule has 0 atom stereocenters. The van der Waals surface area contributed by atoms with Gasteiger partial charge in [-0.25, -0.2) is 12.6 Å². The Morgan fingerprint density at radius 1 is 0.927 bits per heavy atom. The van der Waals surface area contributed by atoms with Gasteiger partial charge in [0.05, 0.1) is 34.0 Å². The zero-order valence-electron chi connectivity index (χ0n) is 20.2. The van der Waals surface area contributed by atoms with Gasteiger partial charge >= 0.3 is 16.1 Å². The molecule has 3 aromatic rings. The molecule has 0 aliphatic heterocycles. The fourth-order valence-corrected chi connectivity index (χ4v) is 5.39. The third-order valence-corrected chi connectivity index (χ3v) is 8.35. The largest absolute Gasteiger partial charge is 0.505 e. The first-order valence-corrected chi connectivity index (χ1v) is 14.9. The number of phenols is 1. The Hall–Kier alpha value is -4.35. The molecule has 0 fully saturated rings. The molecule has 3 rings (SSSR count). The molecule has 0 amide bonds. The van der Waals surface area contributed by atoms with Crippen LogP contribution in [-0.2, 0) is 34.7 Å². The van der Waals surface area contributed by atoms with Gasteiger partial charge in [0.2, 0.25) is 10.0 Å². The van der Waals surface area contributed by atoms with Crippen molar-refractivity contribution in [2.75, 3.05) is 23.7 Å². The molecule has 22 heteroatoms. The van der Waals surface area contributed by atoms with Crippen molar-refractivity contribution >= 4 is 69.7 Å². The van der Waals surface area contributed by atoms with E-state index >= 15 is 0 Å². The number of hydrogen-bond acceptors (Lipinski definition) is 14. The summed E-state index contributed by atoms with van der Waals surface area (Å²) >= 11 is 0. The zero-order valence-corrected chi connectivity index (χ0v) is 22.7. The number of anilines is 1. The predicted octanol–water partition coefficient (Wildman–Crippen LogP) is 2.61. The highest BCUT2D eigenvalue weighted by molar-refractivity contribution is 7.92. The molecule has 0 bridgehead atoms. The quantitative estimate of drug-likeness (QED) is 0.118. The van der Waals surface area contributed by atoms with Gasteiger partial charge in [0.25, 0.3) is 15.8 Å². The van der Waals surface area contributed by atoms with Gasteiger partial charge < -0.3 is 5.11 Å². The number of aromatic hydroxyl groups is 1. The molecule has 41 heavy (non-hydrogen) atoms. The van der Waals surface area contributed by atoms with Crippen molar-refractivity contribution in [2.45, 2.75) is 4.90 Å². The van der Waals surface area contributed by atoms with Crippen LogP contribution in [0.25, 0.3) is 10.8 Å². The van der Waals surface area contributed by atoms with Crippen molar-refractivity contribution in [3.63, 3.8) is 0 Å². The smallest absolute Gasteiger partial charge is 0.397 e. The summed E-state index contributed by atoms with van der Waals surface area (Å²) in [5, 5.41) is 39.8. The number of nitro benzene ring substituents is 2. The lowest BCUT2D eigenvalue weighted by atomic mass is 10.1. The predicted molar refractivity (Wildman–Crippen MR) is 139 cm³/mol. The number of sulfonamides is 1. The fourth-order valence-electron chi connectivity index (χ4n) is 3.33. The van der Waals surface area contributed by atoms with E-state index in [0.717, 1.165) is 37.4 Å². The van der Waals surface area contributed by atoms with Crippen LogP contribution in [0.5, 0.6) is 5.75 Å².